The third-order valence-corrected chi connectivity index (χ3v) is 4.90. The van der Waals surface area contributed by atoms with Gasteiger partial charge < -0.3 is 15.4 Å². The van der Waals surface area contributed by atoms with E-state index in [-0.39, 0.29) is 17.6 Å². The summed E-state index contributed by atoms with van der Waals surface area (Å²) in [7, 11) is 0. The second-order valence-electron chi connectivity index (χ2n) is 6.82. The number of ether oxygens (including phenoxy) is 1. The third kappa shape index (κ3) is 4.70. The number of rotatable bonds is 5. The standard InChI is InChI=1S/C24H19ClN2O3/c25-19-9-6-17(7-10-19)14-22-24(29)27-20-15-18(8-11-21(20)30-22)23(28)26-13-12-16-4-2-1-3-5-16/h1-11,14-15H,12-13H2,(H,26,28)(H,27,29). The molecule has 0 atom stereocenters. The number of carbonyl (C=O) groups excluding carboxylic acids is 2. The number of amides is 2. The fourth-order valence-electron chi connectivity index (χ4n) is 3.08. The number of benzene rings is 3. The Morgan fingerprint density at radius 2 is 1.80 bits per heavy atom. The first-order valence-electron chi connectivity index (χ1n) is 9.51. The average Bonchev–Trinajstić information content (AvgIpc) is 2.76. The summed E-state index contributed by atoms with van der Waals surface area (Å²) >= 11 is 5.89. The van der Waals surface area contributed by atoms with Crippen molar-refractivity contribution >= 4 is 35.2 Å². The maximum absolute atomic E-state index is 12.4. The average molecular weight is 419 g/mol. The fourth-order valence-corrected chi connectivity index (χ4v) is 3.21. The molecular weight excluding hydrogens is 400 g/mol. The Morgan fingerprint density at radius 3 is 2.57 bits per heavy atom. The minimum atomic E-state index is -0.376. The van der Waals surface area contributed by atoms with Crippen LogP contribution >= 0.6 is 11.6 Å². The summed E-state index contributed by atoms with van der Waals surface area (Å²) < 4.78 is 5.74. The summed E-state index contributed by atoms with van der Waals surface area (Å²) in [6.07, 6.45) is 2.38. The highest BCUT2D eigenvalue weighted by atomic mass is 35.5. The maximum atomic E-state index is 12.4. The van der Waals surface area contributed by atoms with Crippen LogP contribution in [0.15, 0.2) is 78.6 Å². The molecule has 5 nitrogen and oxygen atoms in total. The number of halogens is 1. The first-order chi connectivity index (χ1) is 14.6. The highest BCUT2D eigenvalue weighted by Gasteiger charge is 2.23. The van der Waals surface area contributed by atoms with Crippen LogP contribution in [0.3, 0.4) is 0 Å². The zero-order chi connectivity index (χ0) is 20.9. The van der Waals surface area contributed by atoms with Crippen LogP contribution in [0.1, 0.15) is 21.5 Å². The maximum Gasteiger partial charge on any atom is 0.291 e. The third-order valence-electron chi connectivity index (χ3n) is 4.64. The Kier molecular flexibility index (Phi) is 5.82. The van der Waals surface area contributed by atoms with Gasteiger partial charge in [0.15, 0.2) is 11.5 Å². The summed E-state index contributed by atoms with van der Waals surface area (Å²) in [5.74, 6) is 0.0742. The molecule has 0 aromatic heterocycles. The Bertz CT molecular complexity index is 1110. The quantitative estimate of drug-likeness (QED) is 0.591. The SMILES string of the molecule is O=C1Nc2cc(C(=O)NCCc3ccccc3)ccc2OC1=Cc1ccc(Cl)cc1. The number of nitrogens with one attached hydrogen (secondary N) is 2. The van der Waals surface area contributed by atoms with Crippen LogP contribution < -0.4 is 15.4 Å². The topological polar surface area (TPSA) is 67.4 Å². The number of hydrogen-bond donors (Lipinski definition) is 2. The molecule has 0 saturated carbocycles. The minimum Gasteiger partial charge on any atom is -0.449 e. The van der Waals surface area contributed by atoms with Gasteiger partial charge in [-0.15, -0.1) is 0 Å². The van der Waals surface area contributed by atoms with Crippen molar-refractivity contribution in [1.29, 1.82) is 0 Å². The Hall–Kier alpha value is -3.57. The molecule has 0 aliphatic carbocycles. The first-order valence-corrected chi connectivity index (χ1v) is 9.89. The molecule has 0 bridgehead atoms. The van der Waals surface area contributed by atoms with E-state index in [1.165, 1.54) is 0 Å². The van der Waals surface area contributed by atoms with E-state index in [1.807, 2.05) is 30.3 Å². The zero-order valence-electron chi connectivity index (χ0n) is 16.0. The van der Waals surface area contributed by atoms with Crippen molar-refractivity contribution in [1.82, 2.24) is 5.32 Å². The highest BCUT2D eigenvalue weighted by molar-refractivity contribution is 6.30. The van der Waals surface area contributed by atoms with Crippen molar-refractivity contribution in [3.8, 4) is 5.75 Å². The van der Waals surface area contributed by atoms with Crippen molar-refractivity contribution in [3.05, 3.63) is 100 Å². The minimum absolute atomic E-state index is 0.171. The van der Waals surface area contributed by atoms with Gasteiger partial charge in [0.2, 0.25) is 0 Å². The van der Waals surface area contributed by atoms with Crippen LogP contribution in [-0.2, 0) is 11.2 Å². The van der Waals surface area contributed by atoms with Gasteiger partial charge in [0.1, 0.15) is 0 Å². The molecule has 4 rings (SSSR count). The van der Waals surface area contributed by atoms with E-state index in [1.54, 1.807) is 48.5 Å². The number of anilines is 1. The summed E-state index contributed by atoms with van der Waals surface area (Å²) in [6, 6.07) is 22.0. The lowest BCUT2D eigenvalue weighted by atomic mass is 10.1. The second-order valence-corrected chi connectivity index (χ2v) is 7.26. The molecule has 30 heavy (non-hydrogen) atoms. The van der Waals surface area contributed by atoms with Crippen LogP contribution in [0, 0.1) is 0 Å². The molecule has 0 unspecified atom stereocenters. The summed E-state index contributed by atoms with van der Waals surface area (Å²) in [4.78, 5) is 24.9. The monoisotopic (exact) mass is 418 g/mol. The van der Waals surface area contributed by atoms with Gasteiger partial charge in [-0.3, -0.25) is 9.59 Å². The van der Waals surface area contributed by atoms with E-state index in [9.17, 15) is 9.59 Å². The van der Waals surface area contributed by atoms with E-state index in [0.717, 1.165) is 17.5 Å². The van der Waals surface area contributed by atoms with E-state index >= 15 is 0 Å². The molecule has 0 spiro atoms. The molecule has 1 heterocycles. The van der Waals surface area contributed by atoms with E-state index in [2.05, 4.69) is 10.6 Å². The number of carbonyl (C=O) groups is 2. The largest absolute Gasteiger partial charge is 0.449 e. The van der Waals surface area contributed by atoms with Crippen molar-refractivity contribution in [2.75, 3.05) is 11.9 Å². The summed E-state index contributed by atoms with van der Waals surface area (Å²) in [5.41, 5.74) is 2.87. The Labute approximate surface area is 179 Å². The van der Waals surface area contributed by atoms with Gasteiger partial charge in [0.25, 0.3) is 11.8 Å². The molecule has 6 heteroatoms. The normalized spacial score (nSPS) is 13.9. The van der Waals surface area contributed by atoms with Gasteiger partial charge in [0, 0.05) is 17.1 Å². The lowest BCUT2D eigenvalue weighted by Crippen LogP contribution is -2.27. The molecule has 0 fully saturated rings. The zero-order valence-corrected chi connectivity index (χ0v) is 16.8. The van der Waals surface area contributed by atoms with Crippen LogP contribution in [0.25, 0.3) is 6.08 Å². The van der Waals surface area contributed by atoms with Gasteiger partial charge in [-0.2, -0.15) is 0 Å². The van der Waals surface area contributed by atoms with Crippen LogP contribution in [-0.4, -0.2) is 18.4 Å². The van der Waals surface area contributed by atoms with Gasteiger partial charge in [0.05, 0.1) is 5.69 Å². The van der Waals surface area contributed by atoms with E-state index < -0.39 is 0 Å². The Morgan fingerprint density at radius 1 is 1.03 bits per heavy atom. The predicted octanol–water partition coefficient (Wildman–Crippen LogP) is 4.68. The van der Waals surface area contributed by atoms with Gasteiger partial charge >= 0.3 is 0 Å². The molecule has 3 aromatic rings. The molecule has 0 radical (unpaired) electrons. The predicted molar refractivity (Wildman–Crippen MR) is 118 cm³/mol. The highest BCUT2D eigenvalue weighted by Crippen LogP contribution is 2.32. The molecular formula is C24H19ClN2O3. The van der Waals surface area contributed by atoms with Crippen molar-refractivity contribution in [3.63, 3.8) is 0 Å². The van der Waals surface area contributed by atoms with Crippen molar-refractivity contribution in [2.45, 2.75) is 6.42 Å². The van der Waals surface area contributed by atoms with E-state index in [4.69, 9.17) is 16.3 Å². The van der Waals surface area contributed by atoms with E-state index in [0.29, 0.717) is 28.6 Å². The molecule has 2 amide bonds. The van der Waals surface area contributed by atoms with Crippen molar-refractivity contribution in [2.24, 2.45) is 0 Å². The lowest BCUT2D eigenvalue weighted by molar-refractivity contribution is -0.115. The van der Waals surface area contributed by atoms with Gasteiger partial charge in [-0.05, 0) is 54.0 Å². The lowest BCUT2D eigenvalue weighted by Gasteiger charge is -2.20. The summed E-state index contributed by atoms with van der Waals surface area (Å²) in [5, 5.41) is 6.29. The summed E-state index contributed by atoms with van der Waals surface area (Å²) in [6.45, 7) is 0.525. The molecule has 150 valence electrons. The Balaban J connectivity index is 1.43. The second kappa shape index (κ2) is 8.84. The molecule has 2 N–H and O–H groups in total. The van der Waals surface area contributed by atoms with Gasteiger partial charge in [-0.25, -0.2) is 0 Å². The number of fused-ring (bicyclic) bond motifs is 1. The van der Waals surface area contributed by atoms with Crippen LogP contribution in [0.5, 0.6) is 5.75 Å². The van der Waals surface area contributed by atoms with Crippen LogP contribution in [0.2, 0.25) is 5.02 Å². The molecule has 1 aliphatic rings. The molecule has 1 aliphatic heterocycles. The fraction of sp³-hybridized carbons (Fsp3) is 0.0833. The first kappa shape index (κ1) is 19.7. The number of hydrogen-bond acceptors (Lipinski definition) is 3. The smallest absolute Gasteiger partial charge is 0.291 e. The van der Waals surface area contributed by atoms with Gasteiger partial charge in [-0.1, -0.05) is 54.1 Å². The molecule has 3 aromatic carbocycles. The molecule has 0 saturated heterocycles. The van der Waals surface area contributed by atoms with Crippen LogP contribution in [0.4, 0.5) is 5.69 Å². The van der Waals surface area contributed by atoms with Crippen molar-refractivity contribution < 1.29 is 14.3 Å².